The third-order valence-electron chi connectivity index (χ3n) is 2.97. The van der Waals surface area contributed by atoms with Gasteiger partial charge in [-0.1, -0.05) is 32.9 Å². The minimum absolute atomic E-state index is 0.114. The molecule has 0 bridgehead atoms. The number of amides is 1. The van der Waals surface area contributed by atoms with E-state index < -0.39 is 5.91 Å². The summed E-state index contributed by atoms with van der Waals surface area (Å²) in [4.78, 5) is 20.2. The summed E-state index contributed by atoms with van der Waals surface area (Å²) in [7, 11) is 0. The molecular formula is C16H20BrN5O. The van der Waals surface area contributed by atoms with Crippen LogP contribution < -0.4 is 16.4 Å². The minimum atomic E-state index is -0.496. The molecule has 1 aromatic carbocycles. The maximum atomic E-state index is 11.5. The summed E-state index contributed by atoms with van der Waals surface area (Å²) in [5, 5.41) is 6.32. The van der Waals surface area contributed by atoms with Gasteiger partial charge in [0.1, 0.15) is 5.82 Å². The lowest BCUT2D eigenvalue weighted by atomic mass is 9.97. The molecule has 0 aliphatic heterocycles. The van der Waals surface area contributed by atoms with Crippen LogP contribution in [0, 0.1) is 5.41 Å². The van der Waals surface area contributed by atoms with Gasteiger partial charge in [0.2, 0.25) is 5.95 Å². The summed E-state index contributed by atoms with van der Waals surface area (Å²) in [5.74, 6) is 0.580. The Hall–Kier alpha value is -2.15. The number of carbonyl (C=O) groups is 1. The monoisotopic (exact) mass is 377 g/mol. The molecule has 1 amide bonds. The number of rotatable bonds is 5. The maximum Gasteiger partial charge on any atom is 0.250 e. The van der Waals surface area contributed by atoms with E-state index >= 15 is 0 Å². The molecule has 4 N–H and O–H groups in total. The normalized spacial score (nSPS) is 11.1. The van der Waals surface area contributed by atoms with Crippen molar-refractivity contribution < 1.29 is 4.79 Å². The van der Waals surface area contributed by atoms with E-state index in [1.54, 1.807) is 24.4 Å². The topological polar surface area (TPSA) is 92.9 Å². The molecule has 7 heteroatoms. The van der Waals surface area contributed by atoms with Gasteiger partial charge in [-0.05, 0) is 33.5 Å². The van der Waals surface area contributed by atoms with Crippen LogP contribution in [0.25, 0.3) is 0 Å². The second-order valence-electron chi connectivity index (χ2n) is 6.34. The lowest BCUT2D eigenvalue weighted by Crippen LogP contribution is -2.20. The Kier molecular flexibility index (Phi) is 5.20. The molecule has 122 valence electrons. The van der Waals surface area contributed by atoms with E-state index in [0.717, 1.165) is 6.54 Å². The van der Waals surface area contributed by atoms with E-state index in [2.05, 4.69) is 57.3 Å². The summed E-state index contributed by atoms with van der Waals surface area (Å²) in [5.41, 5.74) is 6.51. The van der Waals surface area contributed by atoms with Crippen LogP contribution >= 0.6 is 15.9 Å². The average Bonchev–Trinajstić information content (AvgIpc) is 2.47. The molecule has 0 spiro atoms. The molecule has 0 atom stereocenters. The van der Waals surface area contributed by atoms with E-state index in [1.807, 2.05) is 6.07 Å². The van der Waals surface area contributed by atoms with Gasteiger partial charge in [-0.15, -0.1) is 0 Å². The number of carbonyl (C=O) groups excluding carboxylic acids is 1. The van der Waals surface area contributed by atoms with E-state index in [1.165, 1.54) is 0 Å². The average molecular weight is 378 g/mol. The van der Waals surface area contributed by atoms with Crippen molar-refractivity contribution in [2.75, 3.05) is 17.2 Å². The second-order valence-corrected chi connectivity index (χ2v) is 7.19. The van der Waals surface area contributed by atoms with Crippen molar-refractivity contribution in [2.24, 2.45) is 11.1 Å². The molecule has 2 rings (SSSR count). The maximum absolute atomic E-state index is 11.5. The van der Waals surface area contributed by atoms with Crippen LogP contribution in [0.1, 0.15) is 31.1 Å². The van der Waals surface area contributed by atoms with Crippen molar-refractivity contribution >= 4 is 39.3 Å². The van der Waals surface area contributed by atoms with Gasteiger partial charge in [-0.25, -0.2) is 4.98 Å². The Balaban J connectivity index is 2.25. The van der Waals surface area contributed by atoms with Crippen molar-refractivity contribution in [1.82, 2.24) is 9.97 Å². The number of benzene rings is 1. The van der Waals surface area contributed by atoms with Gasteiger partial charge < -0.3 is 16.4 Å². The van der Waals surface area contributed by atoms with Crippen LogP contribution in [0.2, 0.25) is 0 Å². The van der Waals surface area contributed by atoms with E-state index in [0.29, 0.717) is 27.5 Å². The summed E-state index contributed by atoms with van der Waals surface area (Å²) < 4.78 is 0.693. The van der Waals surface area contributed by atoms with Crippen molar-refractivity contribution in [3.05, 3.63) is 40.5 Å². The molecule has 0 unspecified atom stereocenters. The van der Waals surface area contributed by atoms with Crippen LogP contribution in [0.5, 0.6) is 0 Å². The zero-order valence-electron chi connectivity index (χ0n) is 13.4. The molecule has 0 fully saturated rings. The molecule has 0 aliphatic carbocycles. The predicted molar refractivity (Wildman–Crippen MR) is 95.9 cm³/mol. The number of nitrogens with one attached hydrogen (secondary N) is 2. The highest BCUT2D eigenvalue weighted by Crippen LogP contribution is 2.26. The standard InChI is InChI=1S/C16H20BrN5O/c1-16(2,3)9-20-15-19-8-11(17)14(22-15)21-12-7-5-4-6-10(12)13(18)23/h4-8H,9H2,1-3H3,(H2,18,23)(H2,19,20,21,22). The number of halogens is 1. The number of primary amides is 1. The van der Waals surface area contributed by atoms with Gasteiger partial charge >= 0.3 is 0 Å². The van der Waals surface area contributed by atoms with Crippen LogP contribution in [0.15, 0.2) is 34.9 Å². The SMILES string of the molecule is CC(C)(C)CNc1ncc(Br)c(Nc2ccccc2C(N)=O)n1. The molecular weight excluding hydrogens is 358 g/mol. The van der Waals surface area contributed by atoms with Crippen LogP contribution in [0.4, 0.5) is 17.5 Å². The Labute approximate surface area is 144 Å². The molecule has 0 saturated heterocycles. The molecule has 0 radical (unpaired) electrons. The number of para-hydroxylation sites is 1. The van der Waals surface area contributed by atoms with Gasteiger partial charge in [-0.2, -0.15) is 4.98 Å². The van der Waals surface area contributed by atoms with Crippen molar-refractivity contribution in [1.29, 1.82) is 0 Å². The van der Waals surface area contributed by atoms with Crippen LogP contribution in [-0.2, 0) is 0 Å². The molecule has 0 saturated carbocycles. The lowest BCUT2D eigenvalue weighted by Gasteiger charge is -2.19. The number of hydrogen-bond acceptors (Lipinski definition) is 5. The van der Waals surface area contributed by atoms with Gasteiger partial charge in [0.15, 0.2) is 0 Å². The van der Waals surface area contributed by atoms with E-state index in [-0.39, 0.29) is 5.41 Å². The Bertz CT molecular complexity index is 712. The highest BCUT2D eigenvalue weighted by atomic mass is 79.9. The Morgan fingerprint density at radius 3 is 2.65 bits per heavy atom. The van der Waals surface area contributed by atoms with Crippen LogP contribution in [-0.4, -0.2) is 22.4 Å². The van der Waals surface area contributed by atoms with Crippen LogP contribution in [0.3, 0.4) is 0 Å². The first-order chi connectivity index (χ1) is 10.8. The summed E-state index contributed by atoms with van der Waals surface area (Å²) in [6.45, 7) is 7.12. The minimum Gasteiger partial charge on any atom is -0.366 e. The van der Waals surface area contributed by atoms with Gasteiger partial charge in [0.05, 0.1) is 15.7 Å². The highest BCUT2D eigenvalue weighted by Gasteiger charge is 2.13. The van der Waals surface area contributed by atoms with Crippen molar-refractivity contribution in [3.8, 4) is 0 Å². The number of nitrogens with two attached hydrogens (primary N) is 1. The fraction of sp³-hybridized carbons (Fsp3) is 0.312. The van der Waals surface area contributed by atoms with E-state index in [9.17, 15) is 4.79 Å². The number of hydrogen-bond donors (Lipinski definition) is 3. The van der Waals surface area contributed by atoms with Crippen molar-refractivity contribution in [2.45, 2.75) is 20.8 Å². The fourth-order valence-corrected chi connectivity index (χ4v) is 2.11. The molecule has 23 heavy (non-hydrogen) atoms. The summed E-state index contributed by atoms with van der Waals surface area (Å²) in [6, 6.07) is 7.02. The predicted octanol–water partition coefficient (Wildman–Crippen LogP) is 3.54. The first-order valence-corrected chi connectivity index (χ1v) is 7.98. The van der Waals surface area contributed by atoms with Crippen molar-refractivity contribution in [3.63, 3.8) is 0 Å². The van der Waals surface area contributed by atoms with Gasteiger partial charge in [-0.3, -0.25) is 4.79 Å². The zero-order chi connectivity index (χ0) is 17.0. The Morgan fingerprint density at radius 1 is 1.30 bits per heavy atom. The summed E-state index contributed by atoms with van der Waals surface area (Å²) >= 11 is 3.41. The van der Waals surface area contributed by atoms with Gasteiger partial charge in [0, 0.05) is 12.7 Å². The third kappa shape index (κ3) is 4.92. The van der Waals surface area contributed by atoms with Gasteiger partial charge in [0.25, 0.3) is 5.91 Å². The van der Waals surface area contributed by atoms with E-state index in [4.69, 9.17) is 5.73 Å². The largest absolute Gasteiger partial charge is 0.366 e. The lowest BCUT2D eigenvalue weighted by molar-refractivity contribution is 0.100. The smallest absolute Gasteiger partial charge is 0.250 e. The zero-order valence-corrected chi connectivity index (χ0v) is 14.9. The molecule has 2 aromatic rings. The second kappa shape index (κ2) is 6.95. The highest BCUT2D eigenvalue weighted by molar-refractivity contribution is 9.10. The number of aromatic nitrogens is 2. The number of nitrogens with zero attached hydrogens (tertiary/aromatic N) is 2. The summed E-state index contributed by atoms with van der Waals surface area (Å²) in [6.07, 6.45) is 1.66. The molecule has 0 aliphatic rings. The molecule has 1 heterocycles. The molecule has 1 aromatic heterocycles. The quantitative estimate of drug-likeness (QED) is 0.740. The fourth-order valence-electron chi connectivity index (χ4n) is 1.82. The first-order valence-electron chi connectivity index (χ1n) is 7.18. The third-order valence-corrected chi connectivity index (χ3v) is 3.55. The first kappa shape index (κ1) is 17.2. The number of anilines is 3. The molecule has 6 nitrogen and oxygen atoms in total. The Morgan fingerprint density at radius 2 is 2.00 bits per heavy atom.